The minimum atomic E-state index is -0.243. The van der Waals surface area contributed by atoms with Crippen molar-refractivity contribution in [1.82, 2.24) is 25.1 Å². The van der Waals surface area contributed by atoms with Gasteiger partial charge in [-0.3, -0.25) is 14.7 Å². The van der Waals surface area contributed by atoms with Crippen molar-refractivity contribution < 1.29 is 4.79 Å². The van der Waals surface area contributed by atoms with Crippen LogP contribution in [0.3, 0.4) is 0 Å². The van der Waals surface area contributed by atoms with Gasteiger partial charge in [-0.25, -0.2) is 4.98 Å². The Kier molecular flexibility index (Phi) is 4.95. The zero-order chi connectivity index (χ0) is 17.8. The first-order valence-electron chi connectivity index (χ1n) is 7.65. The Balaban J connectivity index is 1.57. The number of aryl methyl sites for hydroxylation is 1. The summed E-state index contributed by atoms with van der Waals surface area (Å²) in [5.41, 5.74) is 1.13. The number of nitrogens with zero attached hydrogens (tertiary/aromatic N) is 3. The molecule has 128 valence electrons. The molecule has 2 N–H and O–H groups in total. The van der Waals surface area contributed by atoms with Gasteiger partial charge in [-0.15, -0.1) is 0 Å². The Hall–Kier alpha value is -2.93. The molecule has 0 unspecified atom stereocenters. The standard InChI is InChI=1S/C17H16ClN5O2/c1-23-10-12(4-7-15(23)24)17(25)19-9-8-14-20-16(22-21-14)11-2-5-13(18)6-3-11/h2-7,10H,8-9H2,1H3,(H,19,25)(H,20,21,22). The van der Waals surface area contributed by atoms with Crippen LogP contribution in [0, 0.1) is 0 Å². The number of amides is 1. The van der Waals surface area contributed by atoms with Gasteiger partial charge in [0.1, 0.15) is 5.82 Å². The summed E-state index contributed by atoms with van der Waals surface area (Å²) < 4.78 is 1.36. The number of carbonyl (C=O) groups excluding carboxylic acids is 1. The second kappa shape index (κ2) is 7.31. The first-order valence-corrected chi connectivity index (χ1v) is 8.03. The average molecular weight is 358 g/mol. The number of pyridine rings is 1. The van der Waals surface area contributed by atoms with Crippen LogP contribution >= 0.6 is 11.6 Å². The highest BCUT2D eigenvalue weighted by atomic mass is 35.5. The van der Waals surface area contributed by atoms with Crippen LogP contribution in [0.1, 0.15) is 16.2 Å². The molecule has 0 aliphatic carbocycles. The number of hydrogen-bond acceptors (Lipinski definition) is 4. The minimum absolute atomic E-state index is 0.159. The molecular weight excluding hydrogens is 342 g/mol. The van der Waals surface area contributed by atoms with E-state index in [1.807, 2.05) is 12.1 Å². The molecule has 0 fully saturated rings. The molecule has 1 aromatic carbocycles. The van der Waals surface area contributed by atoms with E-state index in [4.69, 9.17) is 11.6 Å². The third kappa shape index (κ3) is 4.13. The molecule has 2 aromatic heterocycles. The summed E-state index contributed by atoms with van der Waals surface area (Å²) in [7, 11) is 1.60. The van der Waals surface area contributed by atoms with E-state index < -0.39 is 0 Å². The van der Waals surface area contributed by atoms with Gasteiger partial charge in [0, 0.05) is 42.9 Å². The highest BCUT2D eigenvalue weighted by Gasteiger charge is 2.08. The molecule has 3 aromatic rings. The van der Waals surface area contributed by atoms with E-state index in [9.17, 15) is 9.59 Å². The van der Waals surface area contributed by atoms with Crippen molar-refractivity contribution in [2.24, 2.45) is 7.05 Å². The molecule has 0 spiro atoms. The Labute approximate surface area is 148 Å². The summed E-state index contributed by atoms with van der Waals surface area (Å²) in [4.78, 5) is 27.8. The molecule has 1 amide bonds. The summed E-state index contributed by atoms with van der Waals surface area (Å²) in [5.74, 6) is 1.01. The van der Waals surface area contributed by atoms with Gasteiger partial charge in [-0.05, 0) is 30.3 Å². The fourth-order valence-electron chi connectivity index (χ4n) is 2.26. The van der Waals surface area contributed by atoms with E-state index >= 15 is 0 Å². The number of H-pyrrole nitrogens is 1. The minimum Gasteiger partial charge on any atom is -0.352 e. The lowest BCUT2D eigenvalue weighted by molar-refractivity contribution is 0.0953. The molecule has 0 atom stereocenters. The smallest absolute Gasteiger partial charge is 0.252 e. The SMILES string of the molecule is Cn1cc(C(=O)NCCc2nc(-c3ccc(Cl)cc3)n[nH]2)ccc1=O. The molecule has 0 saturated carbocycles. The van der Waals surface area contributed by atoms with Gasteiger partial charge in [-0.1, -0.05) is 11.6 Å². The van der Waals surface area contributed by atoms with E-state index in [-0.39, 0.29) is 11.5 Å². The highest BCUT2D eigenvalue weighted by molar-refractivity contribution is 6.30. The summed E-state index contributed by atoms with van der Waals surface area (Å²) in [6.45, 7) is 0.400. The number of nitrogens with one attached hydrogen (secondary N) is 2. The van der Waals surface area contributed by atoms with Crippen molar-refractivity contribution in [3.8, 4) is 11.4 Å². The first-order chi connectivity index (χ1) is 12.0. The normalized spacial score (nSPS) is 10.6. The zero-order valence-electron chi connectivity index (χ0n) is 13.5. The lowest BCUT2D eigenvalue weighted by Gasteiger charge is -2.05. The molecule has 0 aliphatic rings. The van der Waals surface area contributed by atoms with E-state index in [1.54, 1.807) is 19.2 Å². The second-order valence-electron chi connectivity index (χ2n) is 5.49. The topological polar surface area (TPSA) is 92.7 Å². The molecule has 8 heteroatoms. The number of halogens is 1. The fraction of sp³-hybridized carbons (Fsp3) is 0.176. The Morgan fingerprint density at radius 2 is 2.00 bits per heavy atom. The van der Waals surface area contributed by atoms with Crippen molar-refractivity contribution in [3.63, 3.8) is 0 Å². The van der Waals surface area contributed by atoms with Crippen molar-refractivity contribution in [2.75, 3.05) is 6.54 Å². The quantitative estimate of drug-likeness (QED) is 0.728. The largest absolute Gasteiger partial charge is 0.352 e. The number of rotatable bonds is 5. The number of aromatic nitrogens is 4. The van der Waals surface area contributed by atoms with Crippen molar-refractivity contribution in [3.05, 3.63) is 69.4 Å². The molecule has 7 nitrogen and oxygen atoms in total. The summed E-state index contributed by atoms with van der Waals surface area (Å²) >= 11 is 5.86. The molecule has 25 heavy (non-hydrogen) atoms. The monoisotopic (exact) mass is 357 g/mol. The van der Waals surface area contributed by atoms with Gasteiger partial charge in [0.2, 0.25) is 5.56 Å². The third-order valence-electron chi connectivity index (χ3n) is 3.63. The van der Waals surface area contributed by atoms with Gasteiger partial charge in [0.05, 0.1) is 5.56 Å². The van der Waals surface area contributed by atoms with Crippen LogP contribution < -0.4 is 10.9 Å². The number of benzene rings is 1. The first kappa shape index (κ1) is 16.9. The third-order valence-corrected chi connectivity index (χ3v) is 3.88. The van der Waals surface area contributed by atoms with Crippen LogP contribution in [0.5, 0.6) is 0 Å². The lowest BCUT2D eigenvalue weighted by Crippen LogP contribution is -2.27. The fourth-order valence-corrected chi connectivity index (χ4v) is 2.39. The van der Waals surface area contributed by atoms with Gasteiger partial charge >= 0.3 is 0 Å². The Morgan fingerprint density at radius 3 is 2.72 bits per heavy atom. The van der Waals surface area contributed by atoms with Crippen molar-refractivity contribution in [1.29, 1.82) is 0 Å². The Bertz CT molecular complexity index is 946. The predicted octanol–water partition coefficient (Wildman–Crippen LogP) is 1.80. The van der Waals surface area contributed by atoms with Gasteiger partial charge < -0.3 is 9.88 Å². The maximum Gasteiger partial charge on any atom is 0.252 e. The van der Waals surface area contributed by atoms with Crippen molar-refractivity contribution in [2.45, 2.75) is 6.42 Å². The van der Waals surface area contributed by atoms with Gasteiger partial charge in [-0.2, -0.15) is 5.10 Å². The van der Waals surface area contributed by atoms with E-state index in [1.165, 1.54) is 22.9 Å². The van der Waals surface area contributed by atoms with E-state index in [0.717, 1.165) is 5.56 Å². The predicted molar refractivity (Wildman–Crippen MR) is 94.5 cm³/mol. The molecule has 0 radical (unpaired) electrons. The van der Waals surface area contributed by atoms with Crippen LogP contribution in [0.2, 0.25) is 5.02 Å². The van der Waals surface area contributed by atoms with Crippen LogP contribution in [0.15, 0.2) is 47.4 Å². The molecule has 0 bridgehead atoms. The molecule has 0 saturated heterocycles. The summed E-state index contributed by atoms with van der Waals surface area (Å²) in [6.07, 6.45) is 2.02. The van der Waals surface area contributed by atoms with Gasteiger partial charge in [0.25, 0.3) is 5.91 Å². The summed E-state index contributed by atoms with van der Waals surface area (Å²) in [6, 6.07) is 10.1. The average Bonchev–Trinajstić information content (AvgIpc) is 3.06. The number of hydrogen-bond donors (Lipinski definition) is 2. The van der Waals surface area contributed by atoms with E-state index in [2.05, 4.69) is 20.5 Å². The van der Waals surface area contributed by atoms with Crippen LogP contribution in [0.25, 0.3) is 11.4 Å². The molecule has 3 rings (SSSR count). The maximum absolute atomic E-state index is 12.1. The van der Waals surface area contributed by atoms with Crippen LogP contribution in [-0.4, -0.2) is 32.2 Å². The molecular formula is C17H16ClN5O2. The number of carbonyl (C=O) groups is 1. The lowest BCUT2D eigenvalue weighted by atomic mass is 10.2. The highest BCUT2D eigenvalue weighted by Crippen LogP contribution is 2.17. The van der Waals surface area contributed by atoms with Crippen LogP contribution in [0.4, 0.5) is 0 Å². The molecule has 0 aliphatic heterocycles. The number of aromatic amines is 1. The Morgan fingerprint density at radius 1 is 1.24 bits per heavy atom. The van der Waals surface area contributed by atoms with Crippen molar-refractivity contribution >= 4 is 17.5 Å². The summed E-state index contributed by atoms with van der Waals surface area (Å²) in [5, 5.41) is 10.5. The van der Waals surface area contributed by atoms with Gasteiger partial charge in [0.15, 0.2) is 5.82 Å². The maximum atomic E-state index is 12.1. The zero-order valence-corrected chi connectivity index (χ0v) is 14.2. The van der Waals surface area contributed by atoms with Crippen LogP contribution in [-0.2, 0) is 13.5 Å². The van der Waals surface area contributed by atoms with E-state index in [0.29, 0.717) is 35.2 Å². The second-order valence-corrected chi connectivity index (χ2v) is 5.92. The molecule has 2 heterocycles.